The van der Waals surface area contributed by atoms with Crippen LogP contribution in [0.5, 0.6) is 0 Å². The summed E-state index contributed by atoms with van der Waals surface area (Å²) in [6.07, 6.45) is 1.63. The van der Waals surface area contributed by atoms with Gasteiger partial charge in [-0.05, 0) is 31.0 Å². The van der Waals surface area contributed by atoms with Crippen LogP contribution in [0.2, 0.25) is 0 Å². The van der Waals surface area contributed by atoms with E-state index >= 15 is 0 Å². The fourth-order valence-electron chi connectivity index (χ4n) is 1.51. The first-order chi connectivity index (χ1) is 8.11. The molecule has 0 unspecified atom stereocenters. The van der Waals surface area contributed by atoms with Gasteiger partial charge in [0.1, 0.15) is 5.82 Å². The van der Waals surface area contributed by atoms with Crippen molar-refractivity contribution >= 4 is 0 Å². The van der Waals surface area contributed by atoms with E-state index in [1.807, 2.05) is 6.92 Å². The Balaban J connectivity index is 2.49. The van der Waals surface area contributed by atoms with Crippen LogP contribution in [0.3, 0.4) is 0 Å². The molecular formula is C13H13FN2O. The quantitative estimate of drug-likeness (QED) is 0.864. The Bertz CT molecular complexity index is 555. The van der Waals surface area contributed by atoms with Crippen molar-refractivity contribution < 1.29 is 9.50 Å². The van der Waals surface area contributed by atoms with Gasteiger partial charge < -0.3 is 5.11 Å². The molecule has 0 amide bonds. The molecule has 1 heterocycles. The third kappa shape index (κ3) is 2.31. The number of hydrogen-bond donors (Lipinski definition) is 1. The molecule has 1 aromatic heterocycles. The number of halogens is 1. The van der Waals surface area contributed by atoms with Crippen LogP contribution in [0.25, 0.3) is 11.4 Å². The van der Waals surface area contributed by atoms with Crippen LogP contribution in [-0.4, -0.2) is 15.1 Å². The van der Waals surface area contributed by atoms with Crippen LogP contribution in [-0.2, 0) is 6.61 Å². The van der Waals surface area contributed by atoms with Crippen molar-refractivity contribution in [1.29, 1.82) is 0 Å². The van der Waals surface area contributed by atoms with Gasteiger partial charge in [0.05, 0.1) is 12.3 Å². The van der Waals surface area contributed by atoms with E-state index in [0.29, 0.717) is 22.6 Å². The zero-order valence-electron chi connectivity index (χ0n) is 9.74. The van der Waals surface area contributed by atoms with Gasteiger partial charge in [0, 0.05) is 11.8 Å². The van der Waals surface area contributed by atoms with Gasteiger partial charge in [0.2, 0.25) is 0 Å². The zero-order chi connectivity index (χ0) is 12.4. The molecule has 1 aromatic carbocycles. The summed E-state index contributed by atoms with van der Waals surface area (Å²) in [5.74, 6) is 0.149. The molecule has 0 saturated heterocycles. The van der Waals surface area contributed by atoms with Gasteiger partial charge in [-0.15, -0.1) is 0 Å². The smallest absolute Gasteiger partial charge is 0.159 e. The fourth-order valence-corrected chi connectivity index (χ4v) is 1.51. The Morgan fingerprint density at radius 1 is 1.24 bits per heavy atom. The predicted molar refractivity (Wildman–Crippen MR) is 62.8 cm³/mol. The lowest BCUT2D eigenvalue weighted by Crippen LogP contribution is -1.99. The van der Waals surface area contributed by atoms with Gasteiger partial charge in [-0.1, -0.05) is 12.1 Å². The second-order valence-electron chi connectivity index (χ2n) is 3.95. The molecule has 0 aliphatic heterocycles. The minimum absolute atomic E-state index is 0.143. The molecule has 0 spiro atoms. The molecule has 0 saturated carbocycles. The maximum atomic E-state index is 13.4. The van der Waals surface area contributed by atoms with Crippen LogP contribution < -0.4 is 0 Å². The minimum Gasteiger partial charge on any atom is -0.390 e. The van der Waals surface area contributed by atoms with E-state index in [0.717, 1.165) is 5.56 Å². The molecule has 3 nitrogen and oxygen atoms in total. The third-order valence-electron chi connectivity index (χ3n) is 2.66. The molecule has 2 aromatic rings. The highest BCUT2D eigenvalue weighted by molar-refractivity contribution is 5.55. The first-order valence-corrected chi connectivity index (χ1v) is 5.31. The highest BCUT2D eigenvalue weighted by Gasteiger charge is 2.07. The Labute approximate surface area is 99.0 Å². The van der Waals surface area contributed by atoms with Crippen molar-refractivity contribution in [1.82, 2.24) is 9.97 Å². The Morgan fingerprint density at radius 3 is 2.65 bits per heavy atom. The molecule has 0 aliphatic carbocycles. The summed E-state index contributed by atoms with van der Waals surface area (Å²) in [6.45, 7) is 3.38. The lowest BCUT2D eigenvalue weighted by atomic mass is 10.1. The van der Waals surface area contributed by atoms with Gasteiger partial charge in [-0.3, -0.25) is 0 Å². The average molecular weight is 232 g/mol. The van der Waals surface area contributed by atoms with E-state index in [4.69, 9.17) is 5.11 Å². The summed E-state index contributed by atoms with van der Waals surface area (Å²) in [6, 6.07) is 4.86. The number of benzene rings is 1. The summed E-state index contributed by atoms with van der Waals surface area (Å²) in [4.78, 5) is 8.34. The monoisotopic (exact) mass is 232 g/mol. The highest BCUT2D eigenvalue weighted by Crippen LogP contribution is 2.19. The average Bonchev–Trinajstić information content (AvgIpc) is 2.33. The highest BCUT2D eigenvalue weighted by atomic mass is 19.1. The summed E-state index contributed by atoms with van der Waals surface area (Å²) < 4.78 is 13.4. The normalized spacial score (nSPS) is 10.6. The second-order valence-corrected chi connectivity index (χ2v) is 3.95. The number of rotatable bonds is 2. The minimum atomic E-state index is -0.280. The first-order valence-electron chi connectivity index (χ1n) is 5.31. The lowest BCUT2D eigenvalue weighted by Gasteiger charge is -2.05. The molecule has 17 heavy (non-hydrogen) atoms. The Kier molecular flexibility index (Phi) is 3.15. The maximum Gasteiger partial charge on any atom is 0.159 e. The summed E-state index contributed by atoms with van der Waals surface area (Å²) in [5, 5.41) is 9.12. The van der Waals surface area contributed by atoms with Gasteiger partial charge >= 0.3 is 0 Å². The van der Waals surface area contributed by atoms with E-state index in [1.54, 1.807) is 25.3 Å². The zero-order valence-corrected chi connectivity index (χ0v) is 9.74. The molecule has 4 heteroatoms. The van der Waals surface area contributed by atoms with Gasteiger partial charge in [-0.2, -0.15) is 0 Å². The largest absolute Gasteiger partial charge is 0.390 e. The van der Waals surface area contributed by atoms with E-state index in [9.17, 15) is 4.39 Å². The van der Waals surface area contributed by atoms with Gasteiger partial charge in [-0.25, -0.2) is 14.4 Å². The second kappa shape index (κ2) is 4.59. The molecule has 0 aliphatic rings. The molecule has 2 rings (SSSR count). The Morgan fingerprint density at radius 2 is 2.00 bits per heavy atom. The van der Waals surface area contributed by atoms with Crippen LogP contribution in [0.15, 0.2) is 24.4 Å². The van der Waals surface area contributed by atoms with Crippen molar-refractivity contribution in [2.24, 2.45) is 0 Å². The number of aromatic nitrogens is 2. The standard InChI is InChI=1S/C13H13FN2O/c1-8-3-4-10(5-11(8)14)13-15-6-9(2)12(7-17)16-13/h3-6,17H,7H2,1-2H3. The predicted octanol–water partition coefficient (Wildman–Crippen LogP) is 2.39. The number of aliphatic hydroxyl groups excluding tert-OH is 1. The summed E-state index contributed by atoms with van der Waals surface area (Å²) >= 11 is 0. The van der Waals surface area contributed by atoms with Crippen molar-refractivity contribution in [3.05, 3.63) is 47.0 Å². The van der Waals surface area contributed by atoms with E-state index < -0.39 is 0 Å². The first kappa shape index (κ1) is 11.7. The molecular weight excluding hydrogens is 219 g/mol. The molecule has 88 valence electrons. The van der Waals surface area contributed by atoms with Crippen molar-refractivity contribution in [2.75, 3.05) is 0 Å². The van der Waals surface area contributed by atoms with Crippen LogP contribution in [0, 0.1) is 19.7 Å². The van der Waals surface area contributed by atoms with Crippen molar-refractivity contribution in [3.63, 3.8) is 0 Å². The topological polar surface area (TPSA) is 46.0 Å². The maximum absolute atomic E-state index is 13.4. The van der Waals surface area contributed by atoms with Gasteiger partial charge in [0.25, 0.3) is 0 Å². The molecule has 0 radical (unpaired) electrons. The van der Waals surface area contributed by atoms with E-state index in [-0.39, 0.29) is 12.4 Å². The van der Waals surface area contributed by atoms with Crippen molar-refractivity contribution in [2.45, 2.75) is 20.5 Å². The molecule has 0 fully saturated rings. The van der Waals surface area contributed by atoms with E-state index in [2.05, 4.69) is 9.97 Å². The molecule has 0 bridgehead atoms. The third-order valence-corrected chi connectivity index (χ3v) is 2.66. The number of nitrogens with zero attached hydrogens (tertiary/aromatic N) is 2. The van der Waals surface area contributed by atoms with Crippen LogP contribution >= 0.6 is 0 Å². The SMILES string of the molecule is Cc1ccc(-c2ncc(C)c(CO)n2)cc1F. The number of hydrogen-bond acceptors (Lipinski definition) is 3. The van der Waals surface area contributed by atoms with Gasteiger partial charge in [0.15, 0.2) is 5.82 Å². The molecule has 0 atom stereocenters. The summed E-state index contributed by atoms with van der Waals surface area (Å²) in [5.41, 5.74) is 2.59. The Hall–Kier alpha value is -1.81. The summed E-state index contributed by atoms with van der Waals surface area (Å²) in [7, 11) is 0. The van der Waals surface area contributed by atoms with Crippen LogP contribution in [0.4, 0.5) is 4.39 Å². The number of aliphatic hydroxyl groups is 1. The van der Waals surface area contributed by atoms with Crippen molar-refractivity contribution in [3.8, 4) is 11.4 Å². The lowest BCUT2D eigenvalue weighted by molar-refractivity contribution is 0.276. The molecule has 1 N–H and O–H groups in total. The fraction of sp³-hybridized carbons (Fsp3) is 0.231. The van der Waals surface area contributed by atoms with Crippen LogP contribution in [0.1, 0.15) is 16.8 Å². The number of aryl methyl sites for hydroxylation is 2. The van der Waals surface area contributed by atoms with E-state index in [1.165, 1.54) is 6.07 Å².